The summed E-state index contributed by atoms with van der Waals surface area (Å²) < 4.78 is 0. The molecule has 6 heteroatoms. The molecule has 0 fully saturated rings. The van der Waals surface area contributed by atoms with Crippen LogP contribution in [0.15, 0.2) is 17.5 Å². The molecular formula is C13H20N2O3S. The van der Waals surface area contributed by atoms with Gasteiger partial charge in [-0.1, -0.05) is 19.4 Å². The average molecular weight is 284 g/mol. The number of amides is 1. The number of carboxylic acid groups (broad SMARTS) is 1. The van der Waals surface area contributed by atoms with Crippen molar-refractivity contribution in [3.63, 3.8) is 0 Å². The highest BCUT2D eigenvalue weighted by atomic mass is 32.1. The number of hydrogen-bond donors (Lipinski definition) is 3. The minimum Gasteiger partial charge on any atom is -0.481 e. The summed E-state index contributed by atoms with van der Waals surface area (Å²) in [7, 11) is 0. The molecule has 0 aliphatic heterocycles. The van der Waals surface area contributed by atoms with Crippen molar-refractivity contribution in [3.8, 4) is 0 Å². The third-order valence-electron chi connectivity index (χ3n) is 2.87. The van der Waals surface area contributed by atoms with Gasteiger partial charge in [0.05, 0.1) is 18.4 Å². The van der Waals surface area contributed by atoms with E-state index in [0.29, 0.717) is 6.42 Å². The number of rotatable bonds is 8. The second-order valence-corrected chi connectivity index (χ2v) is 5.38. The highest BCUT2D eigenvalue weighted by Crippen LogP contribution is 2.22. The van der Waals surface area contributed by atoms with E-state index in [1.807, 2.05) is 24.4 Å². The van der Waals surface area contributed by atoms with E-state index in [9.17, 15) is 9.59 Å². The van der Waals surface area contributed by atoms with Crippen LogP contribution in [0, 0.1) is 5.92 Å². The molecule has 1 aromatic rings. The number of nitrogens with one attached hydrogen (secondary N) is 1. The molecule has 4 N–H and O–H groups in total. The van der Waals surface area contributed by atoms with Gasteiger partial charge in [0.15, 0.2) is 0 Å². The van der Waals surface area contributed by atoms with Gasteiger partial charge in [0.25, 0.3) is 0 Å². The van der Waals surface area contributed by atoms with Crippen LogP contribution < -0.4 is 11.1 Å². The molecule has 1 aromatic heterocycles. The van der Waals surface area contributed by atoms with Crippen molar-refractivity contribution in [1.82, 2.24) is 5.32 Å². The Hall–Kier alpha value is -1.40. The van der Waals surface area contributed by atoms with Gasteiger partial charge in [-0.15, -0.1) is 11.3 Å². The van der Waals surface area contributed by atoms with Crippen molar-refractivity contribution >= 4 is 23.2 Å². The van der Waals surface area contributed by atoms with Crippen LogP contribution in [-0.2, 0) is 9.59 Å². The molecule has 0 spiro atoms. The van der Waals surface area contributed by atoms with Crippen LogP contribution in [-0.4, -0.2) is 23.5 Å². The fourth-order valence-corrected chi connectivity index (χ4v) is 2.66. The van der Waals surface area contributed by atoms with Crippen LogP contribution in [0.2, 0.25) is 0 Å². The van der Waals surface area contributed by atoms with Crippen molar-refractivity contribution in [2.75, 3.05) is 6.54 Å². The number of carbonyl (C=O) groups is 2. The summed E-state index contributed by atoms with van der Waals surface area (Å²) in [5.74, 6) is -1.34. The lowest BCUT2D eigenvalue weighted by atomic mass is 10.0. The first-order valence-electron chi connectivity index (χ1n) is 6.34. The van der Waals surface area contributed by atoms with Crippen LogP contribution >= 0.6 is 11.3 Å². The molecule has 0 aromatic carbocycles. The number of aliphatic carboxylic acids is 1. The SMILES string of the molecule is CCCC(CN)C(=O)NC(CC(=O)O)c1cccs1. The first-order chi connectivity index (χ1) is 9.08. The monoisotopic (exact) mass is 284 g/mol. The highest BCUT2D eigenvalue weighted by molar-refractivity contribution is 7.10. The average Bonchev–Trinajstić information content (AvgIpc) is 2.88. The predicted octanol–water partition coefficient (Wildman–Crippen LogP) is 1.76. The third kappa shape index (κ3) is 5.00. The molecule has 1 rings (SSSR count). The van der Waals surface area contributed by atoms with E-state index < -0.39 is 12.0 Å². The summed E-state index contributed by atoms with van der Waals surface area (Å²) in [6.45, 7) is 2.27. The summed E-state index contributed by atoms with van der Waals surface area (Å²) in [6, 6.07) is 3.19. The van der Waals surface area contributed by atoms with Crippen molar-refractivity contribution in [3.05, 3.63) is 22.4 Å². The number of nitrogens with two attached hydrogens (primary N) is 1. The molecule has 0 aliphatic rings. The van der Waals surface area contributed by atoms with Gasteiger partial charge in [0, 0.05) is 11.4 Å². The minimum atomic E-state index is -0.932. The van der Waals surface area contributed by atoms with Gasteiger partial charge in [-0.3, -0.25) is 9.59 Å². The van der Waals surface area contributed by atoms with Gasteiger partial charge in [-0.2, -0.15) is 0 Å². The Morgan fingerprint density at radius 2 is 2.26 bits per heavy atom. The van der Waals surface area contributed by atoms with Gasteiger partial charge in [-0.05, 0) is 17.9 Å². The minimum absolute atomic E-state index is 0.115. The molecule has 106 valence electrons. The van der Waals surface area contributed by atoms with Crippen LogP contribution in [0.4, 0.5) is 0 Å². The zero-order valence-corrected chi connectivity index (χ0v) is 11.8. The molecule has 0 saturated heterocycles. The maximum Gasteiger partial charge on any atom is 0.305 e. The molecule has 19 heavy (non-hydrogen) atoms. The number of thiophene rings is 1. The zero-order chi connectivity index (χ0) is 14.3. The maximum absolute atomic E-state index is 12.1. The first kappa shape index (κ1) is 15.7. The van der Waals surface area contributed by atoms with E-state index in [1.54, 1.807) is 0 Å². The quantitative estimate of drug-likeness (QED) is 0.678. The lowest BCUT2D eigenvalue weighted by molar-refractivity contribution is -0.137. The summed E-state index contributed by atoms with van der Waals surface area (Å²) in [6.07, 6.45) is 1.47. The van der Waals surface area contributed by atoms with Gasteiger partial charge in [0.2, 0.25) is 5.91 Å². The van der Waals surface area contributed by atoms with Crippen molar-refractivity contribution in [1.29, 1.82) is 0 Å². The molecule has 0 aliphatic carbocycles. The van der Waals surface area contributed by atoms with Gasteiger partial charge in [-0.25, -0.2) is 0 Å². The smallest absolute Gasteiger partial charge is 0.305 e. The third-order valence-corrected chi connectivity index (χ3v) is 3.86. The second-order valence-electron chi connectivity index (χ2n) is 4.40. The lowest BCUT2D eigenvalue weighted by Crippen LogP contribution is -2.37. The molecule has 5 nitrogen and oxygen atoms in total. The predicted molar refractivity (Wildman–Crippen MR) is 74.9 cm³/mol. The fourth-order valence-electron chi connectivity index (χ4n) is 1.88. The Morgan fingerprint density at radius 1 is 1.53 bits per heavy atom. The number of hydrogen-bond acceptors (Lipinski definition) is 4. The fraction of sp³-hybridized carbons (Fsp3) is 0.538. The highest BCUT2D eigenvalue weighted by Gasteiger charge is 2.23. The maximum atomic E-state index is 12.1. The summed E-state index contributed by atoms with van der Waals surface area (Å²) in [4.78, 5) is 23.8. The Kier molecular flexibility index (Phi) is 6.52. The van der Waals surface area contributed by atoms with E-state index in [0.717, 1.165) is 11.3 Å². The molecule has 0 bridgehead atoms. The largest absolute Gasteiger partial charge is 0.481 e. The summed E-state index contributed by atoms with van der Waals surface area (Å²) in [5, 5.41) is 13.6. The van der Waals surface area contributed by atoms with E-state index >= 15 is 0 Å². The molecule has 0 radical (unpaired) electrons. The van der Waals surface area contributed by atoms with Crippen LogP contribution in [0.3, 0.4) is 0 Å². The van der Waals surface area contributed by atoms with E-state index in [2.05, 4.69) is 5.32 Å². The summed E-state index contributed by atoms with van der Waals surface area (Å²) in [5.41, 5.74) is 5.58. The Balaban J connectivity index is 2.72. The molecule has 1 heterocycles. The standard InChI is InChI=1S/C13H20N2O3S/c1-2-4-9(8-14)13(18)15-10(7-12(16)17)11-5-3-6-19-11/h3,5-6,9-10H,2,4,7-8,14H2,1H3,(H,15,18)(H,16,17). The summed E-state index contributed by atoms with van der Waals surface area (Å²) >= 11 is 1.44. The molecular weight excluding hydrogens is 264 g/mol. The Bertz CT molecular complexity index is 406. The first-order valence-corrected chi connectivity index (χ1v) is 7.22. The van der Waals surface area contributed by atoms with Crippen LogP contribution in [0.5, 0.6) is 0 Å². The Labute approximate surface area is 116 Å². The van der Waals surface area contributed by atoms with E-state index in [4.69, 9.17) is 10.8 Å². The van der Waals surface area contributed by atoms with Crippen LogP contribution in [0.1, 0.15) is 37.1 Å². The molecule has 1 amide bonds. The number of carbonyl (C=O) groups excluding carboxylic acids is 1. The van der Waals surface area contributed by atoms with Crippen molar-refractivity contribution in [2.24, 2.45) is 11.7 Å². The van der Waals surface area contributed by atoms with Crippen molar-refractivity contribution in [2.45, 2.75) is 32.2 Å². The van der Waals surface area contributed by atoms with E-state index in [1.165, 1.54) is 11.3 Å². The second kappa shape index (κ2) is 7.91. The van der Waals surface area contributed by atoms with Gasteiger partial charge >= 0.3 is 5.97 Å². The molecule has 0 saturated carbocycles. The van der Waals surface area contributed by atoms with Gasteiger partial charge in [0.1, 0.15) is 0 Å². The topological polar surface area (TPSA) is 92.4 Å². The van der Waals surface area contributed by atoms with Crippen molar-refractivity contribution < 1.29 is 14.7 Å². The normalized spacial score (nSPS) is 13.8. The van der Waals surface area contributed by atoms with E-state index in [-0.39, 0.29) is 24.8 Å². The zero-order valence-electron chi connectivity index (χ0n) is 11.0. The number of carboxylic acids is 1. The Morgan fingerprint density at radius 3 is 2.74 bits per heavy atom. The lowest BCUT2D eigenvalue weighted by Gasteiger charge is -2.20. The van der Waals surface area contributed by atoms with Crippen LogP contribution in [0.25, 0.3) is 0 Å². The van der Waals surface area contributed by atoms with Gasteiger partial charge < -0.3 is 16.2 Å². The molecule has 2 unspecified atom stereocenters. The molecule has 2 atom stereocenters.